The Morgan fingerprint density at radius 1 is 1.15 bits per heavy atom. The topological polar surface area (TPSA) is 145 Å². The Labute approximate surface area is 234 Å². The molecule has 2 amide bonds. The van der Waals surface area contributed by atoms with Crippen molar-refractivity contribution in [1.82, 2.24) is 40.6 Å². The highest BCUT2D eigenvalue weighted by atomic mass is 19.1. The average Bonchev–Trinajstić information content (AvgIpc) is 3.42. The maximum absolute atomic E-state index is 14.4. The fourth-order valence-corrected chi connectivity index (χ4v) is 6.32. The number of nitrogens with zero attached hydrogens (tertiary/aromatic N) is 6. The first-order valence-electron chi connectivity index (χ1n) is 13.8. The molecule has 6 heterocycles. The van der Waals surface area contributed by atoms with Gasteiger partial charge < -0.3 is 19.9 Å². The van der Waals surface area contributed by atoms with Crippen LogP contribution in [0, 0.1) is 11.7 Å². The van der Waals surface area contributed by atoms with Gasteiger partial charge in [-0.15, -0.1) is 0 Å². The Morgan fingerprint density at radius 3 is 2.85 bits per heavy atom. The summed E-state index contributed by atoms with van der Waals surface area (Å²) in [5.41, 5.74) is 2.29. The number of aromatic nitrogens is 6. The molecular weight excluding hydrogens is 529 g/mol. The quantitative estimate of drug-likeness (QED) is 0.327. The third kappa shape index (κ3) is 4.54. The number of likely N-dealkylation sites (tertiary alicyclic amines) is 1. The monoisotopic (exact) mass is 559 g/mol. The van der Waals surface area contributed by atoms with Gasteiger partial charge in [-0.3, -0.25) is 19.8 Å². The lowest BCUT2D eigenvalue weighted by molar-refractivity contribution is -0.127. The Morgan fingerprint density at radius 2 is 2.02 bits per heavy atom. The number of ether oxygens (including phenoxy) is 1. The fraction of sp³-hybridized carbons (Fsp3) is 0.429. The van der Waals surface area contributed by atoms with Crippen LogP contribution >= 0.6 is 0 Å². The largest absolute Gasteiger partial charge is 0.481 e. The Kier molecular flexibility index (Phi) is 6.09. The van der Waals surface area contributed by atoms with Gasteiger partial charge >= 0.3 is 0 Å². The van der Waals surface area contributed by atoms with E-state index in [1.807, 2.05) is 11.0 Å². The highest BCUT2D eigenvalue weighted by Crippen LogP contribution is 2.50. The van der Waals surface area contributed by atoms with Crippen LogP contribution in [0.1, 0.15) is 42.6 Å². The van der Waals surface area contributed by atoms with Crippen molar-refractivity contribution in [3.8, 4) is 17.1 Å². The maximum atomic E-state index is 14.4. The zero-order chi connectivity index (χ0) is 28.1. The van der Waals surface area contributed by atoms with E-state index in [9.17, 15) is 14.0 Å². The standard InChI is InChI=1S/C28H30FN9O3/c1-41-24-10-18(20(29)14-31-24)21-11-22(35-34-21)27(40)38-9-3-16(12-28(38)5-6-28)26(39)33-17-4-8-37(15-17)23-2-7-30-25-19(23)13-32-36-25/h2,7,10-11,13-14,16-17H,3-6,8-9,12,15H2,1H3,(H,33,39)(H,34,35)(H,30,32,36)/t16-,17?/m0/s1. The highest BCUT2D eigenvalue weighted by molar-refractivity contribution is 5.94. The summed E-state index contributed by atoms with van der Waals surface area (Å²) in [5.74, 6) is -0.566. The van der Waals surface area contributed by atoms with Gasteiger partial charge in [-0.1, -0.05) is 0 Å². The first kappa shape index (κ1) is 25.4. The highest BCUT2D eigenvalue weighted by Gasteiger charge is 2.54. The van der Waals surface area contributed by atoms with Crippen LogP contribution in [-0.2, 0) is 4.79 Å². The van der Waals surface area contributed by atoms with Crippen LogP contribution in [0.4, 0.5) is 10.1 Å². The molecule has 212 valence electrons. The molecule has 2 saturated heterocycles. The molecule has 4 aromatic heterocycles. The van der Waals surface area contributed by atoms with Gasteiger partial charge in [0.05, 0.1) is 36.3 Å². The number of hydrogen-bond acceptors (Lipinski definition) is 8. The first-order valence-corrected chi connectivity index (χ1v) is 13.8. The second kappa shape index (κ2) is 9.82. The number of aromatic amines is 2. The summed E-state index contributed by atoms with van der Waals surface area (Å²) in [6, 6.07) is 5.05. The molecule has 41 heavy (non-hydrogen) atoms. The zero-order valence-corrected chi connectivity index (χ0v) is 22.6. The second-order valence-electron chi connectivity index (χ2n) is 11.1. The summed E-state index contributed by atoms with van der Waals surface area (Å²) in [6.45, 7) is 2.05. The number of hydrogen-bond donors (Lipinski definition) is 3. The Hall–Kier alpha value is -4.55. The van der Waals surface area contributed by atoms with Gasteiger partial charge in [0, 0.05) is 55.0 Å². The average molecular weight is 560 g/mol. The predicted octanol–water partition coefficient (Wildman–Crippen LogP) is 2.67. The number of carbonyl (C=O) groups excluding carboxylic acids is 2. The SMILES string of the molecule is COc1cc(-c2cc(C(=O)N3CC[C@H](C(=O)NC4CCN(c5ccnc6[nH]ncc56)C4)CC34CC4)[nH]n2)c(F)cn1. The third-order valence-electron chi connectivity index (χ3n) is 8.67. The van der Waals surface area contributed by atoms with Gasteiger partial charge in [-0.2, -0.15) is 10.2 Å². The molecule has 3 aliphatic rings. The molecule has 0 radical (unpaired) electrons. The number of pyridine rings is 2. The van der Waals surface area contributed by atoms with Crippen molar-refractivity contribution in [2.24, 2.45) is 5.92 Å². The molecule has 3 N–H and O–H groups in total. The third-order valence-corrected chi connectivity index (χ3v) is 8.67. The second-order valence-corrected chi connectivity index (χ2v) is 11.1. The number of carbonyl (C=O) groups is 2. The normalized spacial score (nSPS) is 21.4. The molecular formula is C28H30FN9O3. The van der Waals surface area contributed by atoms with Crippen molar-refractivity contribution >= 4 is 28.5 Å². The summed E-state index contributed by atoms with van der Waals surface area (Å²) in [5, 5.41) is 18.2. The smallest absolute Gasteiger partial charge is 0.272 e. The van der Waals surface area contributed by atoms with Gasteiger partial charge in [-0.05, 0) is 44.2 Å². The van der Waals surface area contributed by atoms with Crippen LogP contribution in [0.25, 0.3) is 22.3 Å². The summed E-state index contributed by atoms with van der Waals surface area (Å²) >= 11 is 0. The molecule has 4 aromatic rings. The minimum Gasteiger partial charge on any atom is -0.481 e. The van der Waals surface area contributed by atoms with E-state index in [0.717, 1.165) is 55.3 Å². The van der Waals surface area contributed by atoms with Crippen molar-refractivity contribution in [3.63, 3.8) is 0 Å². The van der Waals surface area contributed by atoms with Crippen LogP contribution in [0.5, 0.6) is 5.88 Å². The van der Waals surface area contributed by atoms with Crippen LogP contribution in [0.3, 0.4) is 0 Å². The lowest BCUT2D eigenvalue weighted by Crippen LogP contribution is -2.52. The number of nitrogens with one attached hydrogen (secondary N) is 3. The van der Waals surface area contributed by atoms with E-state index in [1.165, 1.54) is 13.2 Å². The van der Waals surface area contributed by atoms with Gasteiger partial charge in [0.1, 0.15) is 5.69 Å². The molecule has 1 unspecified atom stereocenters. The number of anilines is 1. The lowest BCUT2D eigenvalue weighted by Gasteiger charge is -2.39. The molecule has 7 rings (SSSR count). The molecule has 2 aliphatic heterocycles. The van der Waals surface area contributed by atoms with E-state index in [1.54, 1.807) is 18.5 Å². The molecule has 3 fully saturated rings. The number of amides is 2. The molecule has 12 nitrogen and oxygen atoms in total. The number of H-pyrrole nitrogens is 2. The number of methoxy groups -OCH3 is 1. The van der Waals surface area contributed by atoms with Gasteiger partial charge in [0.15, 0.2) is 11.5 Å². The van der Waals surface area contributed by atoms with Crippen molar-refractivity contribution in [2.45, 2.75) is 43.7 Å². The number of fused-ring (bicyclic) bond motifs is 1. The Bertz CT molecular complexity index is 1630. The Balaban J connectivity index is 0.988. The number of halogens is 1. The van der Waals surface area contributed by atoms with Crippen molar-refractivity contribution < 1.29 is 18.7 Å². The molecule has 0 aromatic carbocycles. The summed E-state index contributed by atoms with van der Waals surface area (Å²) < 4.78 is 19.5. The predicted molar refractivity (Wildman–Crippen MR) is 147 cm³/mol. The van der Waals surface area contributed by atoms with E-state index in [2.05, 4.69) is 40.6 Å². The van der Waals surface area contributed by atoms with E-state index >= 15 is 0 Å². The van der Waals surface area contributed by atoms with Crippen LogP contribution in [0.2, 0.25) is 0 Å². The van der Waals surface area contributed by atoms with Crippen LogP contribution < -0.4 is 15.0 Å². The summed E-state index contributed by atoms with van der Waals surface area (Å²) in [6.07, 6.45) is 8.43. The van der Waals surface area contributed by atoms with Gasteiger partial charge in [-0.25, -0.2) is 14.4 Å². The number of piperidine rings is 1. The van der Waals surface area contributed by atoms with Gasteiger partial charge in [0.2, 0.25) is 11.8 Å². The van der Waals surface area contributed by atoms with Gasteiger partial charge in [0.25, 0.3) is 5.91 Å². The molecule has 1 saturated carbocycles. The van der Waals surface area contributed by atoms with E-state index < -0.39 is 5.82 Å². The lowest BCUT2D eigenvalue weighted by atomic mass is 9.87. The van der Waals surface area contributed by atoms with Crippen LogP contribution in [-0.4, -0.2) is 85.4 Å². The van der Waals surface area contributed by atoms with E-state index in [4.69, 9.17) is 4.74 Å². The molecule has 0 bridgehead atoms. The molecule has 2 atom stereocenters. The van der Waals surface area contributed by atoms with E-state index in [0.29, 0.717) is 30.8 Å². The van der Waals surface area contributed by atoms with Crippen LogP contribution in [0.15, 0.2) is 36.8 Å². The molecule has 13 heteroatoms. The zero-order valence-electron chi connectivity index (χ0n) is 22.6. The summed E-state index contributed by atoms with van der Waals surface area (Å²) in [4.78, 5) is 39.2. The maximum Gasteiger partial charge on any atom is 0.272 e. The summed E-state index contributed by atoms with van der Waals surface area (Å²) in [7, 11) is 1.45. The van der Waals surface area contributed by atoms with Crippen molar-refractivity contribution in [2.75, 3.05) is 31.6 Å². The molecule has 1 spiro atoms. The minimum absolute atomic E-state index is 0.0584. The first-order chi connectivity index (χ1) is 19.9. The van der Waals surface area contributed by atoms with Crippen molar-refractivity contribution in [3.05, 3.63) is 48.3 Å². The minimum atomic E-state index is -0.553. The molecule has 1 aliphatic carbocycles. The number of rotatable bonds is 6. The fourth-order valence-electron chi connectivity index (χ4n) is 6.32. The van der Waals surface area contributed by atoms with E-state index in [-0.39, 0.29) is 40.8 Å². The van der Waals surface area contributed by atoms with Crippen molar-refractivity contribution in [1.29, 1.82) is 0 Å².